The summed E-state index contributed by atoms with van der Waals surface area (Å²) in [7, 11) is 1.34. The SMILES string of the molecule is COC(=O)C1(c2ccc(C)cc2)CCCC1=O. The van der Waals surface area contributed by atoms with Crippen molar-refractivity contribution in [2.75, 3.05) is 7.11 Å². The lowest BCUT2D eigenvalue weighted by Crippen LogP contribution is -2.40. The van der Waals surface area contributed by atoms with Gasteiger partial charge in [-0.05, 0) is 25.3 Å². The molecule has 1 aromatic rings. The fourth-order valence-corrected chi connectivity index (χ4v) is 2.52. The first-order valence-electron chi connectivity index (χ1n) is 5.80. The zero-order valence-corrected chi connectivity index (χ0v) is 10.2. The Labute approximate surface area is 101 Å². The molecule has 0 bridgehead atoms. The lowest BCUT2D eigenvalue weighted by atomic mass is 9.78. The van der Waals surface area contributed by atoms with Gasteiger partial charge in [-0.25, -0.2) is 0 Å². The number of Topliss-reactive ketones (excluding diaryl/α,β-unsaturated/α-hetero) is 1. The predicted octanol–water partition coefficient (Wildman–Crippen LogP) is 2.16. The van der Waals surface area contributed by atoms with Gasteiger partial charge in [0.1, 0.15) is 0 Å². The number of rotatable bonds is 2. The molecule has 3 nitrogen and oxygen atoms in total. The molecule has 1 aromatic carbocycles. The first kappa shape index (κ1) is 11.8. The van der Waals surface area contributed by atoms with Crippen molar-refractivity contribution >= 4 is 11.8 Å². The number of carbonyl (C=O) groups excluding carboxylic acids is 2. The van der Waals surface area contributed by atoms with E-state index in [1.807, 2.05) is 31.2 Å². The third-order valence-corrected chi connectivity index (χ3v) is 3.51. The summed E-state index contributed by atoms with van der Waals surface area (Å²) in [4.78, 5) is 24.1. The Morgan fingerprint density at radius 2 is 1.94 bits per heavy atom. The van der Waals surface area contributed by atoms with Crippen LogP contribution in [0.1, 0.15) is 30.4 Å². The molecule has 1 unspecified atom stereocenters. The Hall–Kier alpha value is -1.64. The molecule has 1 atom stereocenters. The maximum Gasteiger partial charge on any atom is 0.323 e. The zero-order chi connectivity index (χ0) is 12.5. The highest BCUT2D eigenvalue weighted by Gasteiger charge is 2.50. The highest BCUT2D eigenvalue weighted by molar-refractivity contribution is 6.11. The summed E-state index contributed by atoms with van der Waals surface area (Å²) in [6.07, 6.45) is 1.77. The lowest BCUT2D eigenvalue weighted by molar-refractivity contribution is -0.150. The minimum Gasteiger partial charge on any atom is -0.468 e. The van der Waals surface area contributed by atoms with Gasteiger partial charge < -0.3 is 4.74 Å². The second kappa shape index (κ2) is 4.32. The molecule has 0 aromatic heterocycles. The number of ether oxygens (including phenoxy) is 1. The van der Waals surface area contributed by atoms with Crippen molar-refractivity contribution in [2.45, 2.75) is 31.6 Å². The Bertz CT molecular complexity index is 447. The number of ketones is 1. The van der Waals surface area contributed by atoms with Crippen molar-refractivity contribution in [3.8, 4) is 0 Å². The van der Waals surface area contributed by atoms with Gasteiger partial charge in [-0.3, -0.25) is 9.59 Å². The molecular formula is C14H16O3. The quantitative estimate of drug-likeness (QED) is 0.579. The van der Waals surface area contributed by atoms with E-state index in [0.717, 1.165) is 17.5 Å². The molecule has 17 heavy (non-hydrogen) atoms. The van der Waals surface area contributed by atoms with Crippen molar-refractivity contribution in [3.05, 3.63) is 35.4 Å². The number of aryl methyl sites for hydroxylation is 1. The molecule has 2 rings (SSSR count). The van der Waals surface area contributed by atoms with Crippen LogP contribution in [0, 0.1) is 6.92 Å². The van der Waals surface area contributed by atoms with Crippen LogP contribution in [0.15, 0.2) is 24.3 Å². The molecule has 1 saturated carbocycles. The van der Waals surface area contributed by atoms with E-state index in [0.29, 0.717) is 12.8 Å². The largest absolute Gasteiger partial charge is 0.468 e. The molecule has 0 amide bonds. The van der Waals surface area contributed by atoms with Gasteiger partial charge >= 0.3 is 5.97 Å². The molecule has 1 aliphatic rings. The number of benzene rings is 1. The van der Waals surface area contributed by atoms with Crippen LogP contribution in [-0.4, -0.2) is 18.9 Å². The smallest absolute Gasteiger partial charge is 0.323 e. The summed E-state index contributed by atoms with van der Waals surface area (Å²) in [5, 5.41) is 0. The molecule has 1 fully saturated rings. The Morgan fingerprint density at radius 3 is 2.41 bits per heavy atom. The van der Waals surface area contributed by atoms with Gasteiger partial charge in [0.25, 0.3) is 0 Å². The topological polar surface area (TPSA) is 43.4 Å². The lowest BCUT2D eigenvalue weighted by Gasteiger charge is -2.24. The monoisotopic (exact) mass is 232 g/mol. The molecule has 90 valence electrons. The summed E-state index contributed by atoms with van der Waals surface area (Å²) in [6.45, 7) is 1.98. The van der Waals surface area contributed by atoms with E-state index in [9.17, 15) is 9.59 Å². The van der Waals surface area contributed by atoms with Gasteiger partial charge in [-0.1, -0.05) is 29.8 Å². The van der Waals surface area contributed by atoms with E-state index in [4.69, 9.17) is 4.74 Å². The van der Waals surface area contributed by atoms with Crippen LogP contribution in [0.4, 0.5) is 0 Å². The normalized spacial score (nSPS) is 23.8. The third-order valence-electron chi connectivity index (χ3n) is 3.51. The molecule has 0 aliphatic heterocycles. The van der Waals surface area contributed by atoms with Crippen molar-refractivity contribution in [2.24, 2.45) is 0 Å². The van der Waals surface area contributed by atoms with Gasteiger partial charge in [-0.15, -0.1) is 0 Å². The Balaban J connectivity index is 2.51. The fourth-order valence-electron chi connectivity index (χ4n) is 2.52. The van der Waals surface area contributed by atoms with Gasteiger partial charge in [-0.2, -0.15) is 0 Å². The highest BCUT2D eigenvalue weighted by atomic mass is 16.5. The number of esters is 1. The van der Waals surface area contributed by atoms with Crippen molar-refractivity contribution in [1.29, 1.82) is 0 Å². The predicted molar refractivity (Wildman–Crippen MR) is 63.7 cm³/mol. The molecule has 0 heterocycles. The molecule has 0 saturated heterocycles. The average Bonchev–Trinajstić information content (AvgIpc) is 2.72. The second-order valence-corrected chi connectivity index (χ2v) is 4.54. The second-order valence-electron chi connectivity index (χ2n) is 4.54. The first-order chi connectivity index (χ1) is 8.11. The third kappa shape index (κ3) is 1.75. The van der Waals surface area contributed by atoms with E-state index in [1.54, 1.807) is 0 Å². The van der Waals surface area contributed by atoms with Crippen LogP contribution in [0.5, 0.6) is 0 Å². The number of methoxy groups -OCH3 is 1. The Kier molecular flexibility index (Phi) is 3.01. The molecule has 3 heteroatoms. The minimum absolute atomic E-state index is 0.0202. The summed E-state index contributed by atoms with van der Waals surface area (Å²) < 4.78 is 4.83. The van der Waals surface area contributed by atoms with Gasteiger partial charge in [0.15, 0.2) is 11.2 Å². The molecular weight excluding hydrogens is 216 g/mol. The van der Waals surface area contributed by atoms with E-state index in [1.165, 1.54) is 7.11 Å². The molecule has 0 spiro atoms. The van der Waals surface area contributed by atoms with Crippen LogP contribution in [0.2, 0.25) is 0 Å². The van der Waals surface area contributed by atoms with E-state index >= 15 is 0 Å². The summed E-state index contributed by atoms with van der Waals surface area (Å²) >= 11 is 0. The Morgan fingerprint density at radius 1 is 1.29 bits per heavy atom. The van der Waals surface area contributed by atoms with Crippen molar-refractivity contribution in [3.63, 3.8) is 0 Å². The number of hydrogen-bond acceptors (Lipinski definition) is 3. The van der Waals surface area contributed by atoms with E-state index in [2.05, 4.69) is 0 Å². The van der Waals surface area contributed by atoms with Gasteiger partial charge in [0.05, 0.1) is 7.11 Å². The summed E-state index contributed by atoms with van der Waals surface area (Å²) in [5.41, 5.74) is 0.819. The average molecular weight is 232 g/mol. The standard InChI is InChI=1S/C14H16O3/c1-10-5-7-11(8-6-10)14(13(16)17-2)9-3-4-12(14)15/h5-8H,3-4,9H2,1-2H3. The van der Waals surface area contributed by atoms with Gasteiger partial charge in [0, 0.05) is 6.42 Å². The zero-order valence-electron chi connectivity index (χ0n) is 10.2. The van der Waals surface area contributed by atoms with Crippen molar-refractivity contribution < 1.29 is 14.3 Å². The molecule has 1 aliphatic carbocycles. The van der Waals surface area contributed by atoms with Gasteiger partial charge in [0.2, 0.25) is 0 Å². The summed E-state index contributed by atoms with van der Waals surface area (Å²) in [6, 6.07) is 7.56. The maximum atomic E-state index is 12.1. The molecule has 0 radical (unpaired) electrons. The van der Waals surface area contributed by atoms with Crippen LogP contribution < -0.4 is 0 Å². The van der Waals surface area contributed by atoms with Crippen LogP contribution in [0.25, 0.3) is 0 Å². The fraction of sp³-hybridized carbons (Fsp3) is 0.429. The maximum absolute atomic E-state index is 12.1. The van der Waals surface area contributed by atoms with Crippen molar-refractivity contribution in [1.82, 2.24) is 0 Å². The molecule has 0 N–H and O–H groups in total. The number of hydrogen-bond donors (Lipinski definition) is 0. The van der Waals surface area contributed by atoms with E-state index < -0.39 is 11.4 Å². The number of carbonyl (C=O) groups is 2. The van der Waals surface area contributed by atoms with Crippen LogP contribution in [0.3, 0.4) is 0 Å². The highest BCUT2D eigenvalue weighted by Crippen LogP contribution is 2.39. The van der Waals surface area contributed by atoms with Crippen LogP contribution >= 0.6 is 0 Å². The van der Waals surface area contributed by atoms with Crippen LogP contribution in [-0.2, 0) is 19.7 Å². The first-order valence-corrected chi connectivity index (χ1v) is 5.80. The summed E-state index contributed by atoms with van der Waals surface area (Å²) in [5.74, 6) is -0.447. The minimum atomic E-state index is -1.05. The van der Waals surface area contributed by atoms with E-state index in [-0.39, 0.29) is 5.78 Å².